The molecule has 26 heavy (non-hydrogen) atoms. The molecule has 0 radical (unpaired) electrons. The lowest BCUT2D eigenvalue weighted by Gasteiger charge is -2.26. The van der Waals surface area contributed by atoms with E-state index in [-0.39, 0.29) is 6.15 Å². The van der Waals surface area contributed by atoms with Crippen LogP contribution in [0.2, 0.25) is 0 Å². The predicted molar refractivity (Wildman–Crippen MR) is 124 cm³/mol. The van der Waals surface area contributed by atoms with Crippen LogP contribution < -0.4 is 11.0 Å². The van der Waals surface area contributed by atoms with Gasteiger partial charge in [0.2, 0.25) is 0 Å². The van der Waals surface area contributed by atoms with Crippen LogP contribution in [0.25, 0.3) is 0 Å². The van der Waals surface area contributed by atoms with Gasteiger partial charge in [-0.05, 0) is 30.4 Å². The Morgan fingerprint density at radius 3 is 1.69 bits per heavy atom. The molecule has 0 saturated carbocycles. The van der Waals surface area contributed by atoms with Gasteiger partial charge >= 0.3 is 0 Å². The third-order valence-corrected chi connectivity index (χ3v) is 8.71. The third kappa shape index (κ3) is 22.9. The van der Waals surface area contributed by atoms with Crippen LogP contribution in [0.5, 0.6) is 0 Å². The summed E-state index contributed by atoms with van der Waals surface area (Å²) in [4.78, 5) is 12.2. The first-order valence-electron chi connectivity index (χ1n) is 10.4. The van der Waals surface area contributed by atoms with E-state index in [1.807, 2.05) is 0 Å². The Kier molecular flexibility index (Phi) is 21.5. The van der Waals surface area contributed by atoms with Crippen LogP contribution in [0.4, 0.5) is 0 Å². The molecule has 4 N–H and O–H groups in total. The molecule has 3 nitrogen and oxygen atoms in total. The standard InChI is InChI=1S/C20H43O2PS2.H3N/c1-19(2)15-11-7-5-9-13-17-22-23(21,24)25-18-14-10-6-8-12-16-20(3)4;/h19-20H,5-18H2,1-4H3,(H,21,24);1H3. The summed E-state index contributed by atoms with van der Waals surface area (Å²) in [6.07, 6.45) is 15.0. The maximum Gasteiger partial charge on any atom is 0.0513 e. The topological polar surface area (TPSA) is 68.8 Å². The number of hydrogen-bond donors (Lipinski definition) is 1. The lowest BCUT2D eigenvalue weighted by atomic mass is 10.0. The molecule has 0 amide bonds. The van der Waals surface area contributed by atoms with Crippen molar-refractivity contribution in [3.63, 3.8) is 0 Å². The van der Waals surface area contributed by atoms with E-state index in [0.29, 0.717) is 6.61 Å². The highest BCUT2D eigenvalue weighted by Gasteiger charge is 2.04. The van der Waals surface area contributed by atoms with Gasteiger partial charge in [0.25, 0.3) is 0 Å². The molecule has 0 fully saturated rings. The molecule has 0 bridgehead atoms. The summed E-state index contributed by atoms with van der Waals surface area (Å²) >= 11 is 6.51. The normalized spacial score (nSPS) is 13.8. The summed E-state index contributed by atoms with van der Waals surface area (Å²) in [5.74, 6) is 2.51. The number of hydrogen-bond acceptors (Lipinski definition) is 4. The van der Waals surface area contributed by atoms with E-state index in [4.69, 9.17) is 16.3 Å². The largest absolute Gasteiger partial charge is 0.793 e. The molecule has 1 unspecified atom stereocenters. The summed E-state index contributed by atoms with van der Waals surface area (Å²) in [6, 6.07) is 0. The minimum absolute atomic E-state index is 0. The first-order chi connectivity index (χ1) is 11.8. The molecule has 0 rings (SSSR count). The van der Waals surface area contributed by atoms with Gasteiger partial charge in [0.05, 0.1) is 6.61 Å². The van der Waals surface area contributed by atoms with E-state index in [9.17, 15) is 4.89 Å². The van der Waals surface area contributed by atoms with Gasteiger partial charge in [-0.25, -0.2) is 0 Å². The van der Waals surface area contributed by atoms with Gasteiger partial charge in [-0.3, -0.25) is 0 Å². The molecule has 0 spiro atoms. The van der Waals surface area contributed by atoms with Gasteiger partial charge in [0, 0.05) is 5.69 Å². The van der Waals surface area contributed by atoms with E-state index in [0.717, 1.165) is 36.9 Å². The lowest BCUT2D eigenvalue weighted by Crippen LogP contribution is -2.03. The second kappa shape index (κ2) is 19.2. The quantitative estimate of drug-likeness (QED) is 0.180. The number of quaternary nitrogens is 1. The zero-order chi connectivity index (χ0) is 19.0. The van der Waals surface area contributed by atoms with Crippen molar-refractivity contribution in [3.05, 3.63) is 0 Å². The van der Waals surface area contributed by atoms with Gasteiger partial charge in [-0.15, -0.1) is 11.4 Å². The van der Waals surface area contributed by atoms with Crippen LogP contribution in [-0.4, -0.2) is 12.4 Å². The van der Waals surface area contributed by atoms with Crippen LogP contribution in [0.15, 0.2) is 0 Å². The monoisotopic (exact) mass is 427 g/mol. The van der Waals surface area contributed by atoms with Crippen molar-refractivity contribution in [1.82, 2.24) is 6.15 Å². The van der Waals surface area contributed by atoms with E-state index in [2.05, 4.69) is 27.7 Å². The van der Waals surface area contributed by atoms with Crippen LogP contribution in [0, 0.1) is 11.8 Å². The second-order valence-electron chi connectivity index (χ2n) is 8.01. The Bertz CT molecular complexity index is 314. The average molecular weight is 428 g/mol. The molecule has 1 atom stereocenters. The summed E-state index contributed by atoms with van der Waals surface area (Å²) in [7, 11) is 0. The minimum atomic E-state index is -2.84. The SMILES string of the molecule is CC(C)CCCCCCCOP([O-])(=S)SCCCCCCCC(C)C.[NH4+]. The molecule has 0 aromatic carbocycles. The van der Waals surface area contributed by atoms with Crippen LogP contribution in [0.1, 0.15) is 105 Å². The van der Waals surface area contributed by atoms with E-state index in [1.54, 1.807) is 0 Å². The Balaban J connectivity index is 0. The Hall–Kier alpha value is 0.880. The van der Waals surface area contributed by atoms with E-state index < -0.39 is 5.69 Å². The van der Waals surface area contributed by atoms with Crippen molar-refractivity contribution < 1.29 is 9.42 Å². The first kappa shape index (κ1) is 29.1. The molecule has 0 aliphatic heterocycles. The molecule has 0 aliphatic rings. The Morgan fingerprint density at radius 2 is 1.19 bits per heavy atom. The van der Waals surface area contributed by atoms with Crippen molar-refractivity contribution in [2.24, 2.45) is 11.8 Å². The predicted octanol–water partition coefficient (Wildman–Crippen LogP) is 7.69. The zero-order valence-corrected chi connectivity index (χ0v) is 20.7. The van der Waals surface area contributed by atoms with Gasteiger partial charge in [0.15, 0.2) is 0 Å². The zero-order valence-electron chi connectivity index (χ0n) is 18.1. The van der Waals surface area contributed by atoms with Crippen molar-refractivity contribution in [3.8, 4) is 0 Å². The molecule has 6 heteroatoms. The maximum atomic E-state index is 12.2. The fourth-order valence-electron chi connectivity index (χ4n) is 2.76. The van der Waals surface area contributed by atoms with E-state index >= 15 is 0 Å². The lowest BCUT2D eigenvalue weighted by molar-refractivity contribution is -0.174. The Labute approximate surface area is 173 Å². The molecule has 0 heterocycles. The summed E-state index contributed by atoms with van der Waals surface area (Å²) < 4.78 is 5.48. The molecule has 0 saturated heterocycles. The molecular weight excluding hydrogens is 381 g/mol. The number of rotatable bonds is 18. The molecule has 160 valence electrons. The number of unbranched alkanes of at least 4 members (excludes halogenated alkanes) is 8. The molecule has 0 aromatic rings. The highest BCUT2D eigenvalue weighted by Crippen LogP contribution is 2.52. The van der Waals surface area contributed by atoms with Crippen molar-refractivity contribution >= 4 is 28.9 Å². The van der Waals surface area contributed by atoms with E-state index in [1.165, 1.54) is 69.2 Å². The molecule has 0 aromatic heterocycles. The van der Waals surface area contributed by atoms with Crippen molar-refractivity contribution in [1.29, 1.82) is 0 Å². The fraction of sp³-hybridized carbons (Fsp3) is 1.00. The van der Waals surface area contributed by atoms with Crippen molar-refractivity contribution in [2.45, 2.75) is 105 Å². The van der Waals surface area contributed by atoms with Gasteiger partial charge in [-0.2, -0.15) is 0 Å². The second-order valence-corrected chi connectivity index (χ2v) is 14.2. The minimum Gasteiger partial charge on any atom is -0.793 e. The van der Waals surface area contributed by atoms with Gasteiger partial charge < -0.3 is 15.6 Å². The van der Waals surface area contributed by atoms with Crippen LogP contribution in [0.3, 0.4) is 0 Å². The highest BCUT2D eigenvalue weighted by atomic mass is 32.9. The van der Waals surface area contributed by atoms with Crippen molar-refractivity contribution in [2.75, 3.05) is 12.4 Å². The maximum absolute atomic E-state index is 12.2. The summed E-state index contributed by atoms with van der Waals surface area (Å²) in [6.45, 7) is 9.68. The van der Waals surface area contributed by atoms with Crippen LogP contribution >= 0.6 is 17.1 Å². The highest BCUT2D eigenvalue weighted by molar-refractivity contribution is 8.67. The summed E-state index contributed by atoms with van der Waals surface area (Å²) in [5.41, 5.74) is -2.84. The molecular formula is C20H46NO2PS2. The van der Waals surface area contributed by atoms with Crippen LogP contribution in [-0.2, 0) is 16.3 Å². The van der Waals surface area contributed by atoms with Gasteiger partial charge in [-0.1, -0.05) is 104 Å². The Morgan fingerprint density at radius 1 is 0.769 bits per heavy atom. The smallest absolute Gasteiger partial charge is 0.0513 e. The average Bonchev–Trinajstić information content (AvgIpc) is 2.51. The fourth-order valence-corrected chi connectivity index (χ4v) is 6.14. The summed E-state index contributed by atoms with van der Waals surface area (Å²) in [5, 5.41) is 0. The molecule has 0 aliphatic carbocycles. The van der Waals surface area contributed by atoms with Gasteiger partial charge in [0.1, 0.15) is 0 Å². The first-order valence-corrected chi connectivity index (χ1v) is 14.7. The third-order valence-electron chi connectivity index (χ3n) is 4.35.